The molecule has 0 spiro atoms. The van der Waals surface area contributed by atoms with Gasteiger partial charge in [-0.1, -0.05) is 0 Å². The summed E-state index contributed by atoms with van der Waals surface area (Å²) in [5.41, 5.74) is -0.00306. The summed E-state index contributed by atoms with van der Waals surface area (Å²) in [5.74, 6) is -2.80. The summed E-state index contributed by atoms with van der Waals surface area (Å²) in [6.07, 6.45) is 2.76. The molecular formula is C13H12F2N2O2. The van der Waals surface area contributed by atoms with Crippen molar-refractivity contribution in [3.05, 3.63) is 53.6 Å². The number of aryl methyl sites for hydroxylation is 1. The third kappa shape index (κ3) is 2.78. The molecule has 0 saturated carbocycles. The molecule has 19 heavy (non-hydrogen) atoms. The number of carbonyl (C=O) groups is 1. The number of carboxylic acids is 1. The van der Waals surface area contributed by atoms with Crippen molar-refractivity contribution < 1.29 is 18.7 Å². The Kier molecular flexibility index (Phi) is 3.59. The summed E-state index contributed by atoms with van der Waals surface area (Å²) < 4.78 is 28.6. The zero-order valence-electron chi connectivity index (χ0n) is 10.2. The lowest BCUT2D eigenvalue weighted by molar-refractivity contribution is -0.137. The van der Waals surface area contributed by atoms with Crippen molar-refractivity contribution in [2.45, 2.75) is 12.3 Å². The minimum Gasteiger partial charge on any atom is -0.481 e. The van der Waals surface area contributed by atoms with Crippen LogP contribution in [0.25, 0.3) is 0 Å². The van der Waals surface area contributed by atoms with Crippen LogP contribution in [0.15, 0.2) is 30.6 Å². The molecule has 1 atom stereocenters. The SMILES string of the molecule is Cn1ccnc1C(CC(=O)O)c1cc(F)ccc1F. The van der Waals surface area contributed by atoms with Gasteiger partial charge in [-0.25, -0.2) is 13.8 Å². The molecular weight excluding hydrogens is 254 g/mol. The molecule has 1 N–H and O–H groups in total. The Labute approximate surface area is 108 Å². The van der Waals surface area contributed by atoms with E-state index in [0.717, 1.165) is 18.2 Å². The van der Waals surface area contributed by atoms with E-state index >= 15 is 0 Å². The fourth-order valence-electron chi connectivity index (χ4n) is 2.01. The summed E-state index contributed by atoms with van der Waals surface area (Å²) in [7, 11) is 1.67. The average molecular weight is 266 g/mol. The summed E-state index contributed by atoms with van der Waals surface area (Å²) in [6, 6.07) is 3.00. The van der Waals surface area contributed by atoms with Crippen molar-refractivity contribution in [3.8, 4) is 0 Å². The number of carboxylic acid groups (broad SMARTS) is 1. The Morgan fingerprint density at radius 3 is 2.79 bits per heavy atom. The monoisotopic (exact) mass is 266 g/mol. The van der Waals surface area contributed by atoms with Crippen LogP contribution >= 0.6 is 0 Å². The third-order valence-corrected chi connectivity index (χ3v) is 2.88. The lowest BCUT2D eigenvalue weighted by atomic mass is 9.94. The smallest absolute Gasteiger partial charge is 0.304 e. The Morgan fingerprint density at radius 1 is 1.47 bits per heavy atom. The van der Waals surface area contributed by atoms with E-state index in [0.29, 0.717) is 5.82 Å². The number of imidazole rings is 1. The molecule has 0 saturated heterocycles. The molecule has 0 aliphatic heterocycles. The van der Waals surface area contributed by atoms with Gasteiger partial charge < -0.3 is 9.67 Å². The van der Waals surface area contributed by atoms with Gasteiger partial charge in [0.05, 0.1) is 12.3 Å². The fourth-order valence-corrected chi connectivity index (χ4v) is 2.01. The standard InChI is InChI=1S/C13H12F2N2O2/c1-17-5-4-16-13(17)10(7-12(18)19)9-6-8(14)2-3-11(9)15/h2-6,10H,7H2,1H3,(H,18,19). The molecule has 0 aliphatic rings. The van der Waals surface area contributed by atoms with Crippen LogP contribution in [0.3, 0.4) is 0 Å². The highest BCUT2D eigenvalue weighted by atomic mass is 19.1. The highest BCUT2D eigenvalue weighted by Gasteiger charge is 2.24. The fraction of sp³-hybridized carbons (Fsp3) is 0.231. The zero-order valence-corrected chi connectivity index (χ0v) is 10.2. The maximum Gasteiger partial charge on any atom is 0.304 e. The van der Waals surface area contributed by atoms with Crippen LogP contribution in [0, 0.1) is 11.6 Å². The summed E-state index contributed by atoms with van der Waals surface area (Å²) in [6.45, 7) is 0. The Balaban J connectivity index is 2.52. The maximum atomic E-state index is 13.8. The lowest BCUT2D eigenvalue weighted by Gasteiger charge is -2.16. The van der Waals surface area contributed by atoms with Crippen LogP contribution in [0.1, 0.15) is 23.7 Å². The largest absolute Gasteiger partial charge is 0.481 e. The van der Waals surface area contributed by atoms with Crippen molar-refractivity contribution >= 4 is 5.97 Å². The summed E-state index contributed by atoms with van der Waals surface area (Å²) >= 11 is 0. The quantitative estimate of drug-likeness (QED) is 0.923. The molecule has 2 rings (SSSR count). The molecule has 6 heteroatoms. The predicted octanol–water partition coefficient (Wildman–Crippen LogP) is 2.30. The summed E-state index contributed by atoms with van der Waals surface area (Å²) in [4.78, 5) is 15.0. The second-order valence-corrected chi connectivity index (χ2v) is 4.21. The number of nitrogens with zero attached hydrogens (tertiary/aromatic N) is 2. The van der Waals surface area contributed by atoms with Gasteiger partial charge in [-0.2, -0.15) is 0 Å². The van der Waals surface area contributed by atoms with Crippen molar-refractivity contribution in [1.29, 1.82) is 0 Å². The van der Waals surface area contributed by atoms with Gasteiger partial charge in [0, 0.05) is 25.0 Å². The van der Waals surface area contributed by atoms with E-state index in [1.54, 1.807) is 17.8 Å². The van der Waals surface area contributed by atoms with E-state index in [2.05, 4.69) is 4.98 Å². The third-order valence-electron chi connectivity index (χ3n) is 2.88. The van der Waals surface area contributed by atoms with Gasteiger partial charge in [0.25, 0.3) is 0 Å². The average Bonchev–Trinajstić information content (AvgIpc) is 2.75. The van der Waals surface area contributed by atoms with Gasteiger partial charge in [0.2, 0.25) is 0 Å². The van der Waals surface area contributed by atoms with Crippen LogP contribution in [-0.2, 0) is 11.8 Å². The van der Waals surface area contributed by atoms with Gasteiger partial charge in [-0.05, 0) is 18.2 Å². The first-order valence-corrected chi connectivity index (χ1v) is 5.63. The molecule has 1 heterocycles. The minimum absolute atomic E-state index is 0.00306. The molecule has 0 bridgehead atoms. The van der Waals surface area contributed by atoms with Crippen LogP contribution in [-0.4, -0.2) is 20.6 Å². The number of aliphatic carboxylic acids is 1. The number of aromatic nitrogens is 2. The number of halogens is 2. The maximum absolute atomic E-state index is 13.8. The van der Waals surface area contributed by atoms with Gasteiger partial charge in [0.15, 0.2) is 0 Å². The van der Waals surface area contributed by atoms with Crippen molar-refractivity contribution in [3.63, 3.8) is 0 Å². The topological polar surface area (TPSA) is 55.1 Å². The van der Waals surface area contributed by atoms with E-state index in [-0.39, 0.29) is 12.0 Å². The molecule has 1 unspecified atom stereocenters. The number of hydrogen-bond acceptors (Lipinski definition) is 2. The van der Waals surface area contributed by atoms with Gasteiger partial charge in [0.1, 0.15) is 17.5 Å². The van der Waals surface area contributed by atoms with Crippen LogP contribution in [0.5, 0.6) is 0 Å². The van der Waals surface area contributed by atoms with Gasteiger partial charge in [-0.15, -0.1) is 0 Å². The Bertz CT molecular complexity index is 610. The predicted molar refractivity (Wildman–Crippen MR) is 63.7 cm³/mol. The van der Waals surface area contributed by atoms with Crippen molar-refractivity contribution in [1.82, 2.24) is 9.55 Å². The van der Waals surface area contributed by atoms with Gasteiger partial charge in [-0.3, -0.25) is 4.79 Å². The van der Waals surface area contributed by atoms with E-state index in [1.807, 2.05) is 0 Å². The lowest BCUT2D eigenvalue weighted by Crippen LogP contribution is -2.14. The van der Waals surface area contributed by atoms with E-state index < -0.39 is 23.5 Å². The number of benzene rings is 1. The second kappa shape index (κ2) is 5.17. The van der Waals surface area contributed by atoms with E-state index in [9.17, 15) is 13.6 Å². The second-order valence-electron chi connectivity index (χ2n) is 4.21. The van der Waals surface area contributed by atoms with E-state index in [1.165, 1.54) is 6.20 Å². The van der Waals surface area contributed by atoms with Crippen molar-refractivity contribution in [2.24, 2.45) is 7.05 Å². The molecule has 0 aliphatic carbocycles. The van der Waals surface area contributed by atoms with E-state index in [4.69, 9.17) is 5.11 Å². The van der Waals surface area contributed by atoms with Crippen LogP contribution in [0.2, 0.25) is 0 Å². The Morgan fingerprint density at radius 2 is 2.21 bits per heavy atom. The first-order chi connectivity index (χ1) is 8.99. The first kappa shape index (κ1) is 13.2. The van der Waals surface area contributed by atoms with Gasteiger partial charge >= 0.3 is 5.97 Å². The highest BCUT2D eigenvalue weighted by molar-refractivity contribution is 5.68. The molecule has 1 aromatic carbocycles. The van der Waals surface area contributed by atoms with Crippen LogP contribution in [0.4, 0.5) is 8.78 Å². The number of hydrogen-bond donors (Lipinski definition) is 1. The minimum atomic E-state index is -1.10. The molecule has 0 radical (unpaired) electrons. The molecule has 100 valence electrons. The molecule has 1 aromatic heterocycles. The Hall–Kier alpha value is -2.24. The number of rotatable bonds is 4. The molecule has 2 aromatic rings. The van der Waals surface area contributed by atoms with Crippen LogP contribution < -0.4 is 0 Å². The normalized spacial score (nSPS) is 12.4. The molecule has 0 amide bonds. The zero-order chi connectivity index (χ0) is 14.0. The summed E-state index contributed by atoms with van der Waals surface area (Å²) in [5, 5.41) is 8.94. The highest BCUT2D eigenvalue weighted by Crippen LogP contribution is 2.29. The van der Waals surface area contributed by atoms with Crippen molar-refractivity contribution in [2.75, 3.05) is 0 Å². The molecule has 0 fully saturated rings. The molecule has 4 nitrogen and oxygen atoms in total. The first-order valence-electron chi connectivity index (χ1n) is 5.63.